The van der Waals surface area contributed by atoms with E-state index in [4.69, 9.17) is 20.9 Å². The van der Waals surface area contributed by atoms with E-state index in [2.05, 4.69) is 15.5 Å². The molecule has 33 heavy (non-hydrogen) atoms. The Balaban J connectivity index is 1.57. The van der Waals surface area contributed by atoms with Crippen LogP contribution in [0.5, 0.6) is 0 Å². The molecular weight excluding hydrogens is 447 g/mol. The number of nitrogens with zero attached hydrogens (tertiary/aromatic N) is 3. The molecule has 3 aromatic rings. The van der Waals surface area contributed by atoms with Crippen LogP contribution in [0.2, 0.25) is 5.02 Å². The summed E-state index contributed by atoms with van der Waals surface area (Å²) in [7, 11) is 0. The highest BCUT2D eigenvalue weighted by Crippen LogP contribution is 2.38. The highest BCUT2D eigenvalue weighted by Gasteiger charge is 2.37. The molecule has 2 unspecified atom stereocenters. The monoisotopic (exact) mass is 468 g/mol. The van der Waals surface area contributed by atoms with E-state index in [0.29, 0.717) is 40.8 Å². The smallest absolute Gasteiger partial charge is 0.322 e. The summed E-state index contributed by atoms with van der Waals surface area (Å²) in [5.74, 6) is 0.250. The first-order valence-corrected chi connectivity index (χ1v) is 11.1. The minimum atomic E-state index is -0.646. The number of nitrogens with one attached hydrogen (secondary N) is 1. The van der Waals surface area contributed by atoms with Crippen LogP contribution in [0.1, 0.15) is 37.3 Å². The van der Waals surface area contributed by atoms with Crippen molar-refractivity contribution in [3.8, 4) is 11.4 Å². The number of amides is 2. The molecule has 2 amide bonds. The minimum Gasteiger partial charge on any atom is -0.376 e. The fourth-order valence-corrected chi connectivity index (χ4v) is 4.38. The molecular formula is C24H22ClFN4O3. The molecule has 0 saturated carbocycles. The molecule has 0 radical (unpaired) electrons. The molecule has 2 aliphatic heterocycles. The number of rotatable bonds is 5. The van der Waals surface area contributed by atoms with Gasteiger partial charge in [-0.3, -0.25) is 4.90 Å². The van der Waals surface area contributed by atoms with Gasteiger partial charge in [-0.2, -0.15) is 4.98 Å². The number of allylic oxidation sites excluding steroid dienone is 1. The molecule has 7 nitrogen and oxygen atoms in total. The molecule has 2 aromatic carbocycles. The van der Waals surface area contributed by atoms with Crippen molar-refractivity contribution in [1.82, 2.24) is 20.4 Å². The molecule has 1 fully saturated rings. The molecule has 1 saturated heterocycles. The number of carbonyl (C=O) groups is 1. The summed E-state index contributed by atoms with van der Waals surface area (Å²) in [6, 6.07) is 12.3. The quantitative estimate of drug-likeness (QED) is 0.556. The zero-order valence-corrected chi connectivity index (χ0v) is 18.7. The molecule has 3 heterocycles. The van der Waals surface area contributed by atoms with Crippen LogP contribution in [-0.2, 0) is 4.74 Å². The molecule has 170 valence electrons. The Morgan fingerprint density at radius 3 is 2.79 bits per heavy atom. The van der Waals surface area contributed by atoms with Crippen molar-refractivity contribution in [3.05, 3.63) is 76.5 Å². The maximum Gasteiger partial charge on any atom is 0.322 e. The Hall–Kier alpha value is -3.23. The number of benzene rings is 2. The fourth-order valence-electron chi connectivity index (χ4n) is 4.26. The van der Waals surface area contributed by atoms with Crippen molar-refractivity contribution in [2.75, 3.05) is 13.2 Å². The van der Waals surface area contributed by atoms with Gasteiger partial charge in [0.05, 0.1) is 24.3 Å². The number of ether oxygens (including phenoxy) is 1. The Labute approximate surface area is 195 Å². The lowest BCUT2D eigenvalue weighted by Gasteiger charge is -2.36. The summed E-state index contributed by atoms with van der Waals surface area (Å²) in [5, 5.41) is 7.71. The molecule has 1 N–H and O–H groups in total. The van der Waals surface area contributed by atoms with Crippen molar-refractivity contribution in [2.45, 2.75) is 31.9 Å². The van der Waals surface area contributed by atoms with Crippen molar-refractivity contribution in [3.63, 3.8) is 0 Å². The maximum atomic E-state index is 14.0. The summed E-state index contributed by atoms with van der Waals surface area (Å²) < 4.78 is 25.4. The highest BCUT2D eigenvalue weighted by atomic mass is 35.5. The van der Waals surface area contributed by atoms with E-state index in [1.54, 1.807) is 41.3 Å². The van der Waals surface area contributed by atoms with Gasteiger partial charge in [0, 0.05) is 22.9 Å². The summed E-state index contributed by atoms with van der Waals surface area (Å²) in [6.45, 7) is 2.94. The third-order valence-electron chi connectivity index (χ3n) is 5.95. The topological polar surface area (TPSA) is 80.5 Å². The lowest BCUT2D eigenvalue weighted by molar-refractivity contribution is 0.0877. The molecule has 9 heteroatoms. The van der Waals surface area contributed by atoms with Crippen molar-refractivity contribution < 1.29 is 18.4 Å². The summed E-state index contributed by atoms with van der Waals surface area (Å²) in [4.78, 5) is 19.3. The van der Waals surface area contributed by atoms with E-state index in [0.717, 1.165) is 18.4 Å². The number of hydrogen-bond acceptors (Lipinski definition) is 5. The van der Waals surface area contributed by atoms with Crippen LogP contribution in [0.3, 0.4) is 0 Å². The van der Waals surface area contributed by atoms with Gasteiger partial charge in [-0.1, -0.05) is 28.9 Å². The second-order valence-corrected chi connectivity index (χ2v) is 8.55. The van der Waals surface area contributed by atoms with Crippen LogP contribution in [0, 0.1) is 5.82 Å². The number of aromatic nitrogens is 2. The van der Waals surface area contributed by atoms with E-state index in [-0.39, 0.29) is 18.0 Å². The molecule has 0 bridgehead atoms. The Morgan fingerprint density at radius 1 is 1.24 bits per heavy atom. The van der Waals surface area contributed by atoms with Gasteiger partial charge in [0.2, 0.25) is 5.82 Å². The van der Waals surface area contributed by atoms with Crippen LogP contribution < -0.4 is 5.32 Å². The molecule has 2 atom stereocenters. The van der Waals surface area contributed by atoms with E-state index < -0.39 is 11.9 Å². The van der Waals surface area contributed by atoms with Gasteiger partial charge in [-0.05, 0) is 61.7 Å². The molecule has 5 rings (SSSR count). The van der Waals surface area contributed by atoms with Crippen LogP contribution in [-0.4, -0.2) is 40.3 Å². The van der Waals surface area contributed by atoms with Gasteiger partial charge < -0.3 is 14.6 Å². The van der Waals surface area contributed by atoms with E-state index in [1.807, 2.05) is 6.92 Å². The first-order valence-electron chi connectivity index (χ1n) is 10.8. The Morgan fingerprint density at radius 2 is 2.06 bits per heavy atom. The largest absolute Gasteiger partial charge is 0.376 e. The minimum absolute atomic E-state index is 0.0371. The number of urea groups is 1. The van der Waals surface area contributed by atoms with Crippen molar-refractivity contribution in [1.29, 1.82) is 0 Å². The maximum absolute atomic E-state index is 14.0. The van der Waals surface area contributed by atoms with Gasteiger partial charge in [-0.25, -0.2) is 9.18 Å². The lowest BCUT2D eigenvalue weighted by Crippen LogP contribution is -2.48. The summed E-state index contributed by atoms with van der Waals surface area (Å²) in [5.41, 5.74) is 2.60. The zero-order chi connectivity index (χ0) is 22.9. The number of carbonyl (C=O) groups excluding carboxylic acids is 1. The Kier molecular flexibility index (Phi) is 5.86. The average molecular weight is 469 g/mol. The van der Waals surface area contributed by atoms with Gasteiger partial charge in [0.1, 0.15) is 5.82 Å². The lowest BCUT2D eigenvalue weighted by atomic mass is 9.94. The third-order valence-corrected chi connectivity index (χ3v) is 6.20. The van der Waals surface area contributed by atoms with Crippen LogP contribution >= 0.6 is 11.6 Å². The summed E-state index contributed by atoms with van der Waals surface area (Å²) in [6.07, 6.45) is 1.82. The summed E-state index contributed by atoms with van der Waals surface area (Å²) >= 11 is 5.99. The van der Waals surface area contributed by atoms with Crippen molar-refractivity contribution in [2.24, 2.45) is 0 Å². The normalized spacial score (nSPS) is 20.9. The second kappa shape index (κ2) is 8.96. The van der Waals surface area contributed by atoms with Gasteiger partial charge in [0.15, 0.2) is 0 Å². The molecule has 0 aliphatic carbocycles. The highest BCUT2D eigenvalue weighted by molar-refractivity contribution is 6.30. The predicted octanol–water partition coefficient (Wildman–Crippen LogP) is 5.21. The van der Waals surface area contributed by atoms with Crippen molar-refractivity contribution >= 4 is 23.2 Å². The van der Waals surface area contributed by atoms with Gasteiger partial charge in [-0.15, -0.1) is 0 Å². The van der Waals surface area contributed by atoms with Crippen LogP contribution in [0.4, 0.5) is 9.18 Å². The number of hydrogen-bond donors (Lipinski definition) is 1. The van der Waals surface area contributed by atoms with Gasteiger partial charge >= 0.3 is 6.03 Å². The van der Waals surface area contributed by atoms with Crippen LogP contribution in [0.25, 0.3) is 17.0 Å². The predicted molar refractivity (Wildman–Crippen MR) is 121 cm³/mol. The molecule has 2 aliphatic rings. The van der Waals surface area contributed by atoms with Gasteiger partial charge in [0.25, 0.3) is 5.89 Å². The second-order valence-electron chi connectivity index (χ2n) is 8.11. The molecule has 0 spiro atoms. The number of halogens is 2. The van der Waals surface area contributed by atoms with E-state index in [9.17, 15) is 9.18 Å². The Bertz CT molecular complexity index is 1200. The first-order chi connectivity index (χ1) is 16.0. The first kappa shape index (κ1) is 21.6. The average Bonchev–Trinajstić information content (AvgIpc) is 3.49. The van der Waals surface area contributed by atoms with Crippen LogP contribution in [0.15, 0.2) is 58.8 Å². The molecule has 1 aromatic heterocycles. The SMILES string of the molecule is CC1=C(c2nc(-c3ccc(Cl)cc3)no2)C(c2cccc(F)c2)NC(=O)N1CC1CCCO1. The van der Waals surface area contributed by atoms with E-state index in [1.165, 1.54) is 12.1 Å². The van der Waals surface area contributed by atoms with E-state index >= 15 is 0 Å². The third kappa shape index (κ3) is 4.36. The standard InChI is InChI=1S/C24H22ClFN4O3/c1-14-20(23-28-22(29-33-23)15-7-9-17(25)10-8-15)21(16-4-2-5-18(26)12-16)27-24(31)30(14)13-19-6-3-11-32-19/h2,4-5,7-10,12,19,21H,3,6,11,13H2,1H3,(H,27,31). The zero-order valence-electron chi connectivity index (χ0n) is 17.9. The fraction of sp³-hybridized carbons (Fsp3) is 0.292.